The van der Waals surface area contributed by atoms with Crippen molar-refractivity contribution >= 4 is 31.6 Å². The third-order valence-corrected chi connectivity index (χ3v) is 4.93. The Hall–Kier alpha value is -1.44. The highest BCUT2D eigenvalue weighted by Crippen LogP contribution is 2.27. The van der Waals surface area contributed by atoms with Crippen LogP contribution in [0.1, 0.15) is 11.1 Å². The van der Waals surface area contributed by atoms with Gasteiger partial charge in [0.25, 0.3) is 10.0 Å². The highest BCUT2D eigenvalue weighted by Gasteiger charge is 2.20. The summed E-state index contributed by atoms with van der Waals surface area (Å²) in [5.74, 6) is -0.817. The normalized spacial score (nSPS) is 11.4. The quantitative estimate of drug-likeness (QED) is 0.865. The van der Waals surface area contributed by atoms with Crippen LogP contribution in [0, 0.1) is 12.7 Å². The molecule has 0 heterocycles. The van der Waals surface area contributed by atoms with Gasteiger partial charge in [-0.3, -0.25) is 4.72 Å². The molecule has 0 atom stereocenters. The van der Waals surface area contributed by atoms with Gasteiger partial charge < -0.3 is 5.73 Å². The Morgan fingerprint density at radius 3 is 2.57 bits per heavy atom. The Morgan fingerprint density at radius 2 is 1.95 bits per heavy atom. The summed E-state index contributed by atoms with van der Waals surface area (Å²) in [7, 11) is -4.02. The van der Waals surface area contributed by atoms with Crippen LogP contribution in [0.25, 0.3) is 0 Å². The minimum Gasteiger partial charge on any atom is -0.326 e. The Balaban J connectivity index is 2.43. The van der Waals surface area contributed by atoms with Crippen molar-refractivity contribution < 1.29 is 12.8 Å². The molecule has 0 radical (unpaired) electrons. The van der Waals surface area contributed by atoms with E-state index < -0.39 is 20.7 Å². The van der Waals surface area contributed by atoms with Crippen molar-refractivity contribution in [1.29, 1.82) is 0 Å². The molecule has 0 bridgehead atoms. The third kappa shape index (κ3) is 3.61. The fraction of sp³-hybridized carbons (Fsp3) is 0.143. The molecular formula is C14H14BrFN2O2S. The maximum absolute atomic E-state index is 13.8. The first-order valence-electron chi connectivity index (χ1n) is 6.11. The van der Waals surface area contributed by atoms with E-state index in [-0.39, 0.29) is 6.54 Å². The number of hydrogen-bond acceptors (Lipinski definition) is 3. The highest BCUT2D eigenvalue weighted by atomic mass is 79.9. The van der Waals surface area contributed by atoms with Gasteiger partial charge >= 0.3 is 0 Å². The molecule has 0 aliphatic heterocycles. The van der Waals surface area contributed by atoms with E-state index in [1.807, 2.05) is 6.92 Å². The molecule has 0 spiro atoms. The number of halogens is 2. The summed E-state index contributed by atoms with van der Waals surface area (Å²) < 4.78 is 41.4. The van der Waals surface area contributed by atoms with Crippen LogP contribution in [-0.2, 0) is 16.6 Å². The molecule has 0 aromatic heterocycles. The summed E-state index contributed by atoms with van der Waals surface area (Å²) in [6.45, 7) is 2.02. The molecule has 112 valence electrons. The summed E-state index contributed by atoms with van der Waals surface area (Å²) in [5, 5.41) is 0. The van der Waals surface area contributed by atoms with Crippen LogP contribution < -0.4 is 10.5 Å². The summed E-state index contributed by atoms with van der Waals surface area (Å²) >= 11 is 3.28. The second-order valence-corrected chi connectivity index (χ2v) is 7.06. The molecule has 7 heteroatoms. The predicted octanol–water partition coefficient (Wildman–Crippen LogP) is 3.16. The number of anilines is 1. The van der Waals surface area contributed by atoms with Gasteiger partial charge in [-0.25, -0.2) is 12.8 Å². The minimum atomic E-state index is -4.02. The summed E-state index contributed by atoms with van der Waals surface area (Å²) in [6.07, 6.45) is 0. The zero-order chi connectivity index (χ0) is 15.6. The van der Waals surface area contributed by atoms with Gasteiger partial charge in [0.2, 0.25) is 0 Å². The summed E-state index contributed by atoms with van der Waals surface area (Å²) in [6, 6.07) is 8.93. The lowest BCUT2D eigenvalue weighted by atomic mass is 10.2. The van der Waals surface area contributed by atoms with Gasteiger partial charge in [0.15, 0.2) is 0 Å². The zero-order valence-electron chi connectivity index (χ0n) is 11.2. The van der Waals surface area contributed by atoms with E-state index in [2.05, 4.69) is 20.7 Å². The average molecular weight is 373 g/mol. The van der Waals surface area contributed by atoms with Gasteiger partial charge in [-0.1, -0.05) is 12.1 Å². The number of nitrogens with one attached hydrogen (secondary N) is 1. The third-order valence-electron chi connectivity index (χ3n) is 2.89. The van der Waals surface area contributed by atoms with Crippen molar-refractivity contribution in [3.8, 4) is 0 Å². The van der Waals surface area contributed by atoms with Gasteiger partial charge in [-0.05, 0) is 58.2 Å². The Kier molecular flexibility index (Phi) is 4.65. The van der Waals surface area contributed by atoms with Crippen molar-refractivity contribution in [2.45, 2.75) is 18.4 Å². The van der Waals surface area contributed by atoms with Crippen molar-refractivity contribution in [1.82, 2.24) is 0 Å². The fourth-order valence-electron chi connectivity index (χ4n) is 1.78. The van der Waals surface area contributed by atoms with Crippen LogP contribution in [0.2, 0.25) is 0 Å². The van der Waals surface area contributed by atoms with Gasteiger partial charge in [-0.15, -0.1) is 0 Å². The standard InChI is InChI=1S/C14H14BrFN2O2S/c1-9-2-5-13(11(15)6-9)18-21(19,20)14-7-10(8-17)3-4-12(14)16/h2-7,18H,8,17H2,1H3. The van der Waals surface area contributed by atoms with Gasteiger partial charge in [0, 0.05) is 11.0 Å². The van der Waals surface area contributed by atoms with Crippen LogP contribution in [0.4, 0.5) is 10.1 Å². The maximum atomic E-state index is 13.8. The smallest absolute Gasteiger partial charge is 0.264 e. The highest BCUT2D eigenvalue weighted by molar-refractivity contribution is 9.10. The van der Waals surface area contributed by atoms with Crippen LogP contribution in [0.5, 0.6) is 0 Å². The van der Waals surface area contributed by atoms with E-state index in [4.69, 9.17) is 5.73 Å². The van der Waals surface area contributed by atoms with Crippen molar-refractivity contribution in [2.75, 3.05) is 4.72 Å². The molecular weight excluding hydrogens is 359 g/mol. The lowest BCUT2D eigenvalue weighted by Crippen LogP contribution is -2.15. The molecule has 0 saturated carbocycles. The maximum Gasteiger partial charge on any atom is 0.264 e. The molecule has 0 unspecified atom stereocenters. The molecule has 2 rings (SSSR count). The van der Waals surface area contributed by atoms with E-state index in [0.717, 1.165) is 11.6 Å². The molecule has 0 amide bonds. The summed E-state index contributed by atoms with van der Waals surface area (Å²) in [4.78, 5) is -0.419. The number of aryl methyl sites for hydroxylation is 1. The first-order chi connectivity index (χ1) is 9.83. The number of nitrogens with two attached hydrogens (primary N) is 1. The Bertz CT molecular complexity index is 779. The SMILES string of the molecule is Cc1ccc(NS(=O)(=O)c2cc(CN)ccc2F)c(Br)c1. The van der Waals surface area contributed by atoms with Crippen LogP contribution in [0.3, 0.4) is 0 Å². The van der Waals surface area contributed by atoms with E-state index in [9.17, 15) is 12.8 Å². The molecule has 3 N–H and O–H groups in total. The van der Waals surface area contributed by atoms with Crippen LogP contribution in [-0.4, -0.2) is 8.42 Å². The molecule has 2 aromatic carbocycles. The molecule has 2 aromatic rings. The summed E-state index contributed by atoms with van der Waals surface area (Å²) in [5.41, 5.74) is 7.32. The average Bonchev–Trinajstić information content (AvgIpc) is 2.42. The van der Waals surface area contributed by atoms with E-state index in [1.165, 1.54) is 12.1 Å². The van der Waals surface area contributed by atoms with E-state index in [1.54, 1.807) is 18.2 Å². The van der Waals surface area contributed by atoms with Gasteiger partial charge in [0.1, 0.15) is 10.7 Å². The largest absolute Gasteiger partial charge is 0.326 e. The van der Waals surface area contributed by atoms with E-state index >= 15 is 0 Å². The Morgan fingerprint density at radius 1 is 1.24 bits per heavy atom. The predicted molar refractivity (Wildman–Crippen MR) is 84.0 cm³/mol. The van der Waals surface area contributed by atoms with Crippen molar-refractivity contribution in [2.24, 2.45) is 5.73 Å². The molecule has 21 heavy (non-hydrogen) atoms. The number of benzene rings is 2. The first kappa shape index (κ1) is 15.9. The monoisotopic (exact) mass is 372 g/mol. The van der Waals surface area contributed by atoms with Gasteiger partial charge in [0.05, 0.1) is 5.69 Å². The number of sulfonamides is 1. The molecule has 0 saturated heterocycles. The second kappa shape index (κ2) is 6.13. The second-order valence-electron chi connectivity index (χ2n) is 4.56. The lowest BCUT2D eigenvalue weighted by molar-refractivity contribution is 0.569. The molecule has 0 fully saturated rings. The molecule has 0 aliphatic rings. The van der Waals surface area contributed by atoms with Crippen molar-refractivity contribution in [3.05, 3.63) is 57.8 Å². The minimum absolute atomic E-state index is 0.136. The number of hydrogen-bond donors (Lipinski definition) is 2. The van der Waals surface area contributed by atoms with E-state index in [0.29, 0.717) is 15.7 Å². The molecule has 0 aliphatic carbocycles. The van der Waals surface area contributed by atoms with Gasteiger partial charge in [-0.2, -0.15) is 0 Å². The first-order valence-corrected chi connectivity index (χ1v) is 8.38. The fourth-order valence-corrected chi connectivity index (χ4v) is 3.72. The zero-order valence-corrected chi connectivity index (χ0v) is 13.6. The Labute approximate surface area is 131 Å². The number of rotatable bonds is 4. The lowest BCUT2D eigenvalue weighted by Gasteiger charge is -2.12. The topological polar surface area (TPSA) is 72.2 Å². The van der Waals surface area contributed by atoms with Crippen LogP contribution >= 0.6 is 15.9 Å². The molecule has 4 nitrogen and oxygen atoms in total. The van der Waals surface area contributed by atoms with Crippen LogP contribution in [0.15, 0.2) is 45.8 Å². The van der Waals surface area contributed by atoms with Crippen molar-refractivity contribution in [3.63, 3.8) is 0 Å².